The highest BCUT2D eigenvalue weighted by atomic mass is 35.5. The topological polar surface area (TPSA) is 176 Å². The highest BCUT2D eigenvalue weighted by Crippen LogP contribution is 2.13. The van der Waals surface area contributed by atoms with Crippen LogP contribution in [0.4, 0.5) is 11.4 Å². The molecule has 2 heterocycles. The van der Waals surface area contributed by atoms with Gasteiger partial charge in [0.05, 0.1) is 0 Å². The molecule has 0 aromatic heterocycles. The minimum absolute atomic E-state index is 0. The maximum atomic E-state index is 9.98. The van der Waals surface area contributed by atoms with Gasteiger partial charge in [0.2, 0.25) is 11.4 Å². The van der Waals surface area contributed by atoms with E-state index in [9.17, 15) is 10.2 Å². The molecule has 0 bridgehead atoms. The van der Waals surface area contributed by atoms with Crippen LogP contribution in [-0.2, 0) is 13.1 Å². The molecule has 17 heteroatoms. The minimum Gasteiger partial charge on any atom is -0.455 e. The molecule has 0 aliphatic carbocycles. The summed E-state index contributed by atoms with van der Waals surface area (Å²) in [6.45, 7) is 17.6. The van der Waals surface area contributed by atoms with Gasteiger partial charge in [0.1, 0.15) is 0 Å². The average molecular weight is 969 g/mol. The van der Waals surface area contributed by atoms with Crippen LogP contribution in [0.1, 0.15) is 35.1 Å². The Labute approximate surface area is 397 Å². The van der Waals surface area contributed by atoms with E-state index in [1.54, 1.807) is 0 Å². The highest BCUT2D eigenvalue weighted by Gasteiger charge is 2.18. The fraction of sp³-hybridized carbons (Fsp3) is 0.409. The van der Waals surface area contributed by atoms with E-state index in [0.717, 1.165) is 114 Å². The van der Waals surface area contributed by atoms with Crippen LogP contribution in [0.5, 0.6) is 0 Å². The van der Waals surface area contributed by atoms with Gasteiger partial charge in [-0.05, 0) is 74.4 Å². The molecule has 2 saturated heterocycles. The van der Waals surface area contributed by atoms with E-state index in [1.165, 1.54) is 45.8 Å². The first kappa shape index (κ1) is 62.7. The largest absolute Gasteiger partial charge is 0.455 e. The van der Waals surface area contributed by atoms with Gasteiger partial charge < -0.3 is 36.4 Å². The van der Waals surface area contributed by atoms with Crippen LogP contribution in [-0.4, -0.2) is 134 Å². The van der Waals surface area contributed by atoms with Crippen LogP contribution in [0.3, 0.4) is 0 Å². The van der Waals surface area contributed by atoms with Crippen LogP contribution in [0.2, 0.25) is 0 Å². The zero-order valence-corrected chi connectivity index (χ0v) is 40.2. The van der Waals surface area contributed by atoms with Crippen LogP contribution < -0.4 is 9.98 Å². The molecule has 0 amide bonds. The lowest BCUT2D eigenvalue weighted by Gasteiger charge is -2.34. The molecule has 0 saturated carbocycles. The van der Waals surface area contributed by atoms with Gasteiger partial charge in [-0.3, -0.25) is 9.80 Å². The SMILES string of the molecule is Cc1ccc(CN2CCN(CCCSC(O)=[NH+]c3ccccc3)CC2)cc1.Cc1ccc(CN2CCN(CCCSC(O)=[NH+]c3ccccc3)CC2)cc1.Cl.Cl.Cl.Cl.O.O.O. The van der Waals surface area contributed by atoms with Crippen molar-refractivity contribution in [3.8, 4) is 0 Å². The standard InChI is InChI=1S/2C22H29N3OS.4ClH.3H2O/c2*1-19-8-10-20(11-9-19)18-25-15-13-24(14-16-25)12-5-17-27-22(26)23-21-6-3-2-4-7-21;;;;;;;/h2*2-4,6-11H,5,12-18H2,1H3,(H,23,26);4*1H;3*1H2/p+2. The Kier molecular flexibility index (Phi) is 36.8. The number of benzene rings is 4. The minimum atomic E-state index is 0. The van der Waals surface area contributed by atoms with Gasteiger partial charge in [0.25, 0.3) is 0 Å². The molecule has 0 atom stereocenters. The predicted molar refractivity (Wildman–Crippen MR) is 269 cm³/mol. The summed E-state index contributed by atoms with van der Waals surface area (Å²) < 4.78 is 0. The fourth-order valence-corrected chi connectivity index (χ4v) is 7.84. The molecule has 6 rings (SSSR count). The number of hydrogen-bond donors (Lipinski definition) is 4. The van der Waals surface area contributed by atoms with Crippen LogP contribution in [0, 0.1) is 13.8 Å². The van der Waals surface area contributed by atoms with Crippen molar-refractivity contribution in [2.45, 2.75) is 39.8 Å². The molecule has 0 radical (unpaired) electrons. The van der Waals surface area contributed by atoms with Crippen molar-refractivity contribution in [1.29, 1.82) is 0 Å². The van der Waals surface area contributed by atoms with Crippen molar-refractivity contribution in [3.63, 3.8) is 0 Å². The lowest BCUT2D eigenvalue weighted by molar-refractivity contribution is -0.361. The van der Waals surface area contributed by atoms with E-state index in [1.807, 2.05) is 60.7 Å². The molecule has 4 aromatic rings. The number of thioether (sulfide) groups is 2. The summed E-state index contributed by atoms with van der Waals surface area (Å²) in [5.41, 5.74) is 7.30. The number of para-hydroxylation sites is 2. The van der Waals surface area contributed by atoms with Crippen molar-refractivity contribution < 1.29 is 36.6 Å². The van der Waals surface area contributed by atoms with Gasteiger partial charge in [0.15, 0.2) is 0 Å². The van der Waals surface area contributed by atoms with Crippen LogP contribution >= 0.6 is 73.2 Å². The maximum absolute atomic E-state index is 9.98. The molecule has 2 aliphatic heterocycles. The first-order valence-electron chi connectivity index (χ1n) is 19.4. The van der Waals surface area contributed by atoms with Gasteiger partial charge in [-0.15, -0.1) is 49.6 Å². The number of halogens is 4. The van der Waals surface area contributed by atoms with E-state index in [0.29, 0.717) is 0 Å². The lowest BCUT2D eigenvalue weighted by Crippen LogP contribution is -2.65. The first-order valence-corrected chi connectivity index (χ1v) is 21.4. The van der Waals surface area contributed by atoms with E-state index in [-0.39, 0.29) is 76.5 Å². The predicted octanol–water partition coefficient (Wildman–Crippen LogP) is 4.34. The van der Waals surface area contributed by atoms with E-state index < -0.39 is 0 Å². The second-order valence-electron chi connectivity index (χ2n) is 14.2. The van der Waals surface area contributed by atoms with Gasteiger partial charge in [-0.25, -0.2) is 0 Å². The molecule has 0 unspecified atom stereocenters. The zero-order chi connectivity index (χ0) is 37.8. The Morgan fingerprint density at radius 2 is 0.754 bits per heavy atom. The smallest absolute Gasteiger partial charge is 0.402 e. The normalized spacial score (nSPS) is 14.7. The van der Waals surface area contributed by atoms with Crippen LogP contribution in [0.15, 0.2) is 109 Å². The maximum Gasteiger partial charge on any atom is 0.402 e. The summed E-state index contributed by atoms with van der Waals surface area (Å²) in [5, 5.41) is 20.5. The number of aryl methyl sites for hydroxylation is 2. The third-order valence-corrected chi connectivity index (χ3v) is 11.5. The molecule has 11 nitrogen and oxygen atoms in total. The summed E-state index contributed by atoms with van der Waals surface area (Å²) in [5.74, 6) is 1.85. The molecule has 344 valence electrons. The number of nitrogens with zero attached hydrogens (tertiary/aromatic N) is 4. The van der Waals surface area contributed by atoms with E-state index in [2.05, 4.69) is 92.0 Å². The number of nitrogens with one attached hydrogen (secondary N) is 2. The summed E-state index contributed by atoms with van der Waals surface area (Å²) in [6.07, 6.45) is 2.17. The highest BCUT2D eigenvalue weighted by molar-refractivity contribution is 8.13. The third-order valence-electron chi connectivity index (χ3n) is 9.75. The van der Waals surface area contributed by atoms with Gasteiger partial charge in [-0.1, -0.05) is 96.1 Å². The summed E-state index contributed by atoms with van der Waals surface area (Å²) in [6, 6.07) is 37.3. The lowest BCUT2D eigenvalue weighted by atomic mass is 10.1. The molecular weight excluding hydrogens is 898 g/mol. The van der Waals surface area contributed by atoms with Crippen molar-refractivity contribution >= 4 is 95.0 Å². The Morgan fingerprint density at radius 3 is 1.07 bits per heavy atom. The molecule has 2 aliphatic rings. The Morgan fingerprint density at radius 1 is 0.459 bits per heavy atom. The van der Waals surface area contributed by atoms with Crippen molar-refractivity contribution in [3.05, 3.63) is 131 Å². The zero-order valence-electron chi connectivity index (χ0n) is 35.3. The summed E-state index contributed by atoms with van der Waals surface area (Å²) in [7, 11) is 0. The summed E-state index contributed by atoms with van der Waals surface area (Å²) in [4.78, 5) is 16.2. The van der Waals surface area contributed by atoms with Crippen LogP contribution in [0.25, 0.3) is 0 Å². The van der Waals surface area contributed by atoms with Gasteiger partial charge in [0, 0.05) is 101 Å². The van der Waals surface area contributed by atoms with Gasteiger partial charge >= 0.3 is 10.5 Å². The van der Waals surface area contributed by atoms with Crippen molar-refractivity contribution in [2.75, 3.05) is 77.0 Å². The quantitative estimate of drug-likeness (QED) is 0.0821. The summed E-state index contributed by atoms with van der Waals surface area (Å²) >= 11 is 2.97. The van der Waals surface area contributed by atoms with E-state index >= 15 is 0 Å². The molecule has 10 N–H and O–H groups in total. The number of hydrogen-bond acceptors (Lipinski definition) is 6. The van der Waals surface area contributed by atoms with E-state index in [4.69, 9.17) is 0 Å². The molecule has 0 spiro atoms. The second kappa shape index (κ2) is 35.8. The Hall–Kier alpha value is -2.60. The number of rotatable bonds is 14. The molecule has 2 fully saturated rings. The molecular formula is C44H70Cl4N6O5S2+2. The first-order chi connectivity index (χ1) is 26.4. The molecule has 4 aromatic carbocycles. The number of aliphatic hydroxyl groups is 2. The average Bonchev–Trinajstić information content (AvgIpc) is 3.19. The fourth-order valence-electron chi connectivity index (χ4n) is 6.52. The number of piperazine rings is 2. The number of aliphatic hydroxyl groups excluding tert-OH is 2. The van der Waals surface area contributed by atoms with Gasteiger partial charge in [-0.2, -0.15) is 9.98 Å². The Bertz CT molecular complexity index is 1580. The monoisotopic (exact) mass is 966 g/mol. The Balaban J connectivity index is -0.000000989. The van der Waals surface area contributed by atoms with Crippen molar-refractivity contribution in [2.24, 2.45) is 0 Å². The third kappa shape index (κ3) is 25.3. The second-order valence-corrected chi connectivity index (χ2v) is 16.4. The van der Waals surface area contributed by atoms with Crippen molar-refractivity contribution in [1.82, 2.24) is 19.6 Å². The molecule has 61 heavy (non-hydrogen) atoms.